The van der Waals surface area contributed by atoms with Gasteiger partial charge in [-0.15, -0.1) is 0 Å². The zero-order chi connectivity index (χ0) is 11.9. The Bertz CT molecular complexity index is 606. The largest absolute Gasteiger partial charge is 0.306 e. The minimum atomic E-state index is -0.659. The van der Waals surface area contributed by atoms with E-state index in [0.29, 0.717) is 9.99 Å². The van der Waals surface area contributed by atoms with Crippen molar-refractivity contribution in [3.8, 4) is 0 Å². The van der Waals surface area contributed by atoms with Crippen LogP contribution in [0, 0.1) is 15.9 Å². The predicted molar refractivity (Wildman–Crippen MR) is 61.1 cm³/mol. The smallest absolute Gasteiger partial charge is 0.258 e. The molecule has 0 spiro atoms. The van der Waals surface area contributed by atoms with Crippen molar-refractivity contribution in [3.05, 3.63) is 43.8 Å². The molecular weight excluding hydrogens is 302 g/mol. The van der Waals surface area contributed by atoms with Crippen LogP contribution in [0.3, 0.4) is 0 Å². The van der Waals surface area contributed by atoms with Crippen LogP contribution in [-0.4, -0.2) is 9.91 Å². The number of hydrogen-bond donors (Lipinski definition) is 0. The first-order valence-electron chi connectivity index (χ1n) is 4.08. The maximum absolute atomic E-state index is 13.1. The summed E-state index contributed by atoms with van der Waals surface area (Å²) < 4.78 is 13.5. The molecule has 0 saturated carbocycles. The first-order valence-corrected chi connectivity index (χ1v) is 5.25. The summed E-state index contributed by atoms with van der Waals surface area (Å²) in [6.45, 7) is 0. The Hall–Kier alpha value is -1.27. The van der Waals surface area contributed by atoms with Crippen LogP contribution in [0.2, 0.25) is 5.02 Å². The molecule has 0 aliphatic carbocycles. The van der Waals surface area contributed by atoms with E-state index >= 15 is 0 Å². The van der Waals surface area contributed by atoms with Crippen molar-refractivity contribution in [2.75, 3.05) is 0 Å². The fourth-order valence-electron chi connectivity index (χ4n) is 1.31. The molecule has 0 atom stereocenters. The molecule has 7 heteroatoms. The van der Waals surface area contributed by atoms with E-state index in [1.165, 1.54) is 6.07 Å². The van der Waals surface area contributed by atoms with Crippen molar-refractivity contribution < 1.29 is 9.31 Å². The number of halogens is 3. The van der Waals surface area contributed by atoms with Crippen molar-refractivity contribution in [2.24, 2.45) is 0 Å². The van der Waals surface area contributed by atoms with Gasteiger partial charge in [-0.2, -0.15) is 0 Å². The average Bonchev–Trinajstić information content (AvgIpc) is 2.19. The lowest BCUT2D eigenvalue weighted by atomic mass is 10.2. The molecule has 0 aliphatic rings. The second kappa shape index (κ2) is 3.95. The summed E-state index contributed by atoms with van der Waals surface area (Å²) >= 11 is 8.92. The van der Waals surface area contributed by atoms with Crippen LogP contribution < -0.4 is 0 Å². The topological polar surface area (TPSA) is 56.0 Å². The molecule has 0 fully saturated rings. The van der Waals surface area contributed by atoms with Crippen molar-refractivity contribution in [1.82, 2.24) is 4.98 Å². The highest BCUT2D eigenvalue weighted by atomic mass is 79.9. The van der Waals surface area contributed by atoms with Gasteiger partial charge in [0, 0.05) is 9.86 Å². The quantitative estimate of drug-likeness (QED) is 0.596. The van der Waals surface area contributed by atoms with Gasteiger partial charge in [-0.3, -0.25) is 10.1 Å². The Kier molecular flexibility index (Phi) is 2.77. The van der Waals surface area contributed by atoms with Gasteiger partial charge in [0.05, 0.1) is 10.4 Å². The van der Waals surface area contributed by atoms with Gasteiger partial charge >= 0.3 is 5.69 Å². The standard InChI is InChI=1S/C9H3BrClFN2O2/c10-6-2-4(12)1-5-8(11)7(14(15)16)3-13-9(5)6/h1-3H. The number of pyridine rings is 1. The molecule has 0 amide bonds. The lowest BCUT2D eigenvalue weighted by molar-refractivity contribution is -0.384. The number of nitro groups is 1. The molecule has 0 aliphatic heterocycles. The second-order valence-corrected chi connectivity index (χ2v) is 4.23. The third-order valence-corrected chi connectivity index (χ3v) is 3.00. The fourth-order valence-corrected chi connectivity index (χ4v) is 2.11. The van der Waals surface area contributed by atoms with Crippen molar-refractivity contribution >= 4 is 44.1 Å². The Labute approximate surface area is 102 Å². The van der Waals surface area contributed by atoms with Crippen LogP contribution in [0.5, 0.6) is 0 Å². The van der Waals surface area contributed by atoms with Crippen molar-refractivity contribution in [3.63, 3.8) is 0 Å². The van der Waals surface area contributed by atoms with Gasteiger partial charge in [-0.25, -0.2) is 9.37 Å². The Balaban J connectivity index is 2.89. The summed E-state index contributed by atoms with van der Waals surface area (Å²) in [5, 5.41) is 10.7. The van der Waals surface area contributed by atoms with Crippen LogP contribution in [0.1, 0.15) is 0 Å². The average molecular weight is 305 g/mol. The Morgan fingerprint density at radius 3 is 2.81 bits per heavy atom. The molecular formula is C9H3BrClFN2O2. The summed E-state index contributed by atoms with van der Waals surface area (Å²) in [6.07, 6.45) is 1.05. The maximum Gasteiger partial charge on any atom is 0.306 e. The fraction of sp³-hybridized carbons (Fsp3) is 0. The lowest BCUT2D eigenvalue weighted by Gasteiger charge is -2.03. The van der Waals surface area contributed by atoms with E-state index in [4.69, 9.17) is 11.6 Å². The number of rotatable bonds is 1. The van der Waals surface area contributed by atoms with Gasteiger partial charge in [-0.05, 0) is 28.1 Å². The van der Waals surface area contributed by atoms with E-state index in [9.17, 15) is 14.5 Å². The lowest BCUT2D eigenvalue weighted by Crippen LogP contribution is -1.93. The van der Waals surface area contributed by atoms with E-state index < -0.39 is 10.7 Å². The zero-order valence-corrected chi connectivity index (χ0v) is 9.92. The summed E-state index contributed by atoms with van der Waals surface area (Å²) in [6, 6.07) is 2.33. The minimum Gasteiger partial charge on any atom is -0.258 e. The van der Waals surface area contributed by atoms with E-state index in [-0.39, 0.29) is 16.1 Å². The highest BCUT2D eigenvalue weighted by Crippen LogP contribution is 2.34. The molecule has 4 nitrogen and oxygen atoms in total. The monoisotopic (exact) mass is 304 g/mol. The van der Waals surface area contributed by atoms with Crippen molar-refractivity contribution in [1.29, 1.82) is 0 Å². The molecule has 0 saturated heterocycles. The third kappa shape index (κ3) is 1.74. The number of aromatic nitrogens is 1. The number of nitrogens with zero attached hydrogens (tertiary/aromatic N) is 2. The molecule has 0 bridgehead atoms. The van der Waals surface area contributed by atoms with E-state index in [1.807, 2.05) is 0 Å². The van der Waals surface area contributed by atoms with Crippen LogP contribution in [0.4, 0.5) is 10.1 Å². The normalized spacial score (nSPS) is 10.7. The van der Waals surface area contributed by atoms with Gasteiger partial charge in [0.25, 0.3) is 0 Å². The molecule has 0 unspecified atom stereocenters. The van der Waals surface area contributed by atoms with Crippen LogP contribution in [0.15, 0.2) is 22.8 Å². The molecule has 2 rings (SSSR count). The minimum absolute atomic E-state index is 0.116. The van der Waals surface area contributed by atoms with Crippen LogP contribution in [-0.2, 0) is 0 Å². The highest BCUT2D eigenvalue weighted by molar-refractivity contribution is 9.10. The summed E-state index contributed by atoms with van der Waals surface area (Å²) in [7, 11) is 0. The Morgan fingerprint density at radius 2 is 2.19 bits per heavy atom. The molecule has 16 heavy (non-hydrogen) atoms. The second-order valence-electron chi connectivity index (χ2n) is 3.00. The number of benzene rings is 1. The van der Waals surface area contributed by atoms with Crippen LogP contribution >= 0.6 is 27.5 Å². The molecule has 1 aromatic heterocycles. The first-order chi connectivity index (χ1) is 7.50. The first kappa shape index (κ1) is 11.2. The van der Waals surface area contributed by atoms with E-state index in [0.717, 1.165) is 12.3 Å². The molecule has 1 aromatic carbocycles. The van der Waals surface area contributed by atoms with Gasteiger partial charge < -0.3 is 0 Å². The van der Waals surface area contributed by atoms with E-state index in [2.05, 4.69) is 20.9 Å². The molecule has 0 N–H and O–H groups in total. The predicted octanol–water partition coefficient (Wildman–Crippen LogP) is 3.70. The summed E-state index contributed by atoms with van der Waals surface area (Å²) in [4.78, 5) is 13.8. The number of hydrogen-bond acceptors (Lipinski definition) is 3. The van der Waals surface area contributed by atoms with Crippen molar-refractivity contribution in [2.45, 2.75) is 0 Å². The number of fused-ring (bicyclic) bond motifs is 1. The van der Waals surface area contributed by atoms with Gasteiger partial charge in [0.15, 0.2) is 0 Å². The SMILES string of the molecule is O=[N+]([O-])c1cnc2c(Br)cc(F)cc2c1Cl. The van der Waals surface area contributed by atoms with Gasteiger partial charge in [0.2, 0.25) is 0 Å². The van der Waals surface area contributed by atoms with Gasteiger partial charge in [-0.1, -0.05) is 11.6 Å². The maximum atomic E-state index is 13.1. The molecule has 82 valence electrons. The van der Waals surface area contributed by atoms with Crippen LogP contribution in [0.25, 0.3) is 10.9 Å². The molecule has 1 heterocycles. The highest BCUT2D eigenvalue weighted by Gasteiger charge is 2.17. The Morgan fingerprint density at radius 1 is 1.50 bits per heavy atom. The summed E-state index contributed by atoms with van der Waals surface area (Å²) in [5.74, 6) is -0.538. The summed E-state index contributed by atoms with van der Waals surface area (Å²) in [5.41, 5.74) is 0.0451. The van der Waals surface area contributed by atoms with E-state index in [1.54, 1.807) is 0 Å². The third-order valence-electron chi connectivity index (χ3n) is 2.00. The molecule has 2 aromatic rings. The zero-order valence-electron chi connectivity index (χ0n) is 7.58. The van der Waals surface area contributed by atoms with Gasteiger partial charge in [0.1, 0.15) is 17.0 Å². The molecule has 0 radical (unpaired) electrons.